The van der Waals surface area contributed by atoms with Gasteiger partial charge in [-0.15, -0.1) is 0 Å². The summed E-state index contributed by atoms with van der Waals surface area (Å²) in [5, 5.41) is 12.1. The van der Waals surface area contributed by atoms with Crippen LogP contribution in [0.2, 0.25) is 0 Å². The van der Waals surface area contributed by atoms with Crippen LogP contribution in [0.25, 0.3) is 6.08 Å². The van der Waals surface area contributed by atoms with Gasteiger partial charge in [0.05, 0.1) is 13.2 Å². The molecule has 26 heavy (non-hydrogen) atoms. The molecule has 134 valence electrons. The number of carbonyl (C=O) groups is 1. The molecule has 0 heterocycles. The summed E-state index contributed by atoms with van der Waals surface area (Å²) in [6, 6.07) is 14.6. The van der Waals surface area contributed by atoms with Gasteiger partial charge < -0.3 is 14.8 Å². The molecule has 0 unspecified atom stereocenters. The molecule has 1 N–H and O–H groups in total. The number of hydrogen-bond donors (Lipinski definition) is 1. The van der Waals surface area contributed by atoms with Gasteiger partial charge in [0.2, 0.25) is 0 Å². The second-order valence-corrected chi connectivity index (χ2v) is 5.56. The zero-order valence-corrected chi connectivity index (χ0v) is 15.2. The third-order valence-corrected chi connectivity index (χ3v) is 3.55. The summed E-state index contributed by atoms with van der Waals surface area (Å²) >= 11 is 0. The Labute approximate surface area is 153 Å². The first-order chi connectivity index (χ1) is 12.6. The van der Waals surface area contributed by atoms with Gasteiger partial charge in [0.15, 0.2) is 11.5 Å². The molecule has 5 heteroatoms. The number of amides is 1. The SMILES string of the molecule is CCOc1ccc(C=C(C#N)C(=O)Nc2ccc(C)cc2)cc1OCC. The molecule has 0 spiro atoms. The van der Waals surface area contributed by atoms with Crippen LogP contribution in [-0.4, -0.2) is 19.1 Å². The predicted octanol–water partition coefficient (Wildman–Crippen LogP) is 4.34. The molecule has 0 saturated carbocycles. The normalized spacial score (nSPS) is 10.8. The maximum absolute atomic E-state index is 12.4. The molecular weight excluding hydrogens is 328 g/mol. The van der Waals surface area contributed by atoms with Gasteiger partial charge in [-0.05, 0) is 56.7 Å². The van der Waals surface area contributed by atoms with E-state index < -0.39 is 5.91 Å². The molecule has 0 bridgehead atoms. The maximum atomic E-state index is 12.4. The average molecular weight is 350 g/mol. The standard InChI is InChI=1S/C21H22N2O3/c1-4-25-19-11-8-16(13-20(19)26-5-2)12-17(14-22)21(24)23-18-9-6-15(3)7-10-18/h6-13H,4-5H2,1-3H3,(H,23,24). The molecule has 2 rings (SSSR count). The fourth-order valence-corrected chi connectivity index (χ4v) is 2.31. The second kappa shape index (κ2) is 9.28. The topological polar surface area (TPSA) is 71.3 Å². The molecule has 5 nitrogen and oxygen atoms in total. The van der Waals surface area contributed by atoms with Crippen LogP contribution in [-0.2, 0) is 4.79 Å². The van der Waals surface area contributed by atoms with Crippen LogP contribution < -0.4 is 14.8 Å². The lowest BCUT2D eigenvalue weighted by Gasteiger charge is -2.11. The van der Waals surface area contributed by atoms with Crippen molar-refractivity contribution in [3.63, 3.8) is 0 Å². The molecule has 0 atom stereocenters. The summed E-state index contributed by atoms with van der Waals surface area (Å²) in [5.41, 5.74) is 2.44. The van der Waals surface area contributed by atoms with E-state index in [0.29, 0.717) is 36.0 Å². The van der Waals surface area contributed by atoms with Crippen molar-refractivity contribution in [1.82, 2.24) is 0 Å². The Morgan fingerprint density at radius 1 is 1.08 bits per heavy atom. The van der Waals surface area contributed by atoms with Gasteiger partial charge in [-0.3, -0.25) is 4.79 Å². The lowest BCUT2D eigenvalue weighted by Crippen LogP contribution is -2.13. The van der Waals surface area contributed by atoms with Crippen LogP contribution in [0, 0.1) is 18.3 Å². The quantitative estimate of drug-likeness (QED) is 0.596. The minimum Gasteiger partial charge on any atom is -0.490 e. The van der Waals surface area contributed by atoms with Gasteiger partial charge in [-0.1, -0.05) is 23.8 Å². The molecule has 0 radical (unpaired) electrons. The Morgan fingerprint density at radius 2 is 1.73 bits per heavy atom. The van der Waals surface area contributed by atoms with Crippen molar-refractivity contribution in [1.29, 1.82) is 5.26 Å². The first-order valence-corrected chi connectivity index (χ1v) is 8.46. The van der Waals surface area contributed by atoms with Crippen LogP contribution in [0.3, 0.4) is 0 Å². The Kier molecular flexibility index (Phi) is 6.81. The minimum absolute atomic E-state index is 0.0113. The molecule has 2 aromatic carbocycles. The molecule has 0 aliphatic carbocycles. The first-order valence-electron chi connectivity index (χ1n) is 8.46. The number of hydrogen-bond acceptors (Lipinski definition) is 4. The number of aryl methyl sites for hydroxylation is 1. The van der Waals surface area contributed by atoms with E-state index >= 15 is 0 Å². The highest BCUT2D eigenvalue weighted by atomic mass is 16.5. The monoisotopic (exact) mass is 350 g/mol. The fourth-order valence-electron chi connectivity index (χ4n) is 2.31. The number of ether oxygens (including phenoxy) is 2. The fraction of sp³-hybridized carbons (Fsp3) is 0.238. The highest BCUT2D eigenvalue weighted by molar-refractivity contribution is 6.09. The number of rotatable bonds is 7. The van der Waals surface area contributed by atoms with Crippen molar-refractivity contribution >= 4 is 17.7 Å². The third kappa shape index (κ3) is 5.12. The summed E-state index contributed by atoms with van der Waals surface area (Å²) < 4.78 is 11.1. The van der Waals surface area contributed by atoms with Crippen molar-refractivity contribution in [3.8, 4) is 17.6 Å². The number of carbonyl (C=O) groups excluding carboxylic acids is 1. The van der Waals surface area contributed by atoms with E-state index in [1.54, 1.807) is 30.3 Å². The van der Waals surface area contributed by atoms with Crippen LogP contribution in [0.15, 0.2) is 48.0 Å². The Balaban J connectivity index is 2.24. The van der Waals surface area contributed by atoms with Crippen molar-refractivity contribution < 1.29 is 14.3 Å². The molecule has 1 amide bonds. The molecule has 0 saturated heterocycles. The van der Waals surface area contributed by atoms with E-state index in [2.05, 4.69) is 5.32 Å². The van der Waals surface area contributed by atoms with Gasteiger partial charge in [0.1, 0.15) is 11.6 Å². The third-order valence-electron chi connectivity index (χ3n) is 3.55. The molecule has 0 aliphatic rings. The number of benzene rings is 2. The molecule has 0 fully saturated rings. The van der Waals surface area contributed by atoms with Crippen LogP contribution in [0.5, 0.6) is 11.5 Å². The van der Waals surface area contributed by atoms with Gasteiger partial charge >= 0.3 is 0 Å². The van der Waals surface area contributed by atoms with Gasteiger partial charge in [0, 0.05) is 5.69 Å². The van der Waals surface area contributed by atoms with E-state index in [-0.39, 0.29) is 5.57 Å². The lowest BCUT2D eigenvalue weighted by atomic mass is 10.1. The highest BCUT2D eigenvalue weighted by Crippen LogP contribution is 2.29. The van der Waals surface area contributed by atoms with Gasteiger partial charge in [0.25, 0.3) is 5.91 Å². The first kappa shape index (κ1) is 19.1. The molecule has 0 aromatic heterocycles. The van der Waals surface area contributed by atoms with E-state index in [4.69, 9.17) is 9.47 Å². The van der Waals surface area contributed by atoms with Crippen molar-refractivity contribution in [3.05, 3.63) is 59.2 Å². The summed E-state index contributed by atoms with van der Waals surface area (Å²) in [7, 11) is 0. The lowest BCUT2D eigenvalue weighted by molar-refractivity contribution is -0.112. The smallest absolute Gasteiger partial charge is 0.266 e. The number of nitriles is 1. The average Bonchev–Trinajstić information content (AvgIpc) is 2.64. The molecular formula is C21H22N2O3. The predicted molar refractivity (Wildman–Crippen MR) is 102 cm³/mol. The highest BCUT2D eigenvalue weighted by Gasteiger charge is 2.11. The van der Waals surface area contributed by atoms with E-state index in [9.17, 15) is 10.1 Å². The summed E-state index contributed by atoms with van der Waals surface area (Å²) in [5.74, 6) is 0.761. The van der Waals surface area contributed by atoms with Crippen LogP contribution in [0.1, 0.15) is 25.0 Å². The maximum Gasteiger partial charge on any atom is 0.266 e. The minimum atomic E-state index is -0.455. The van der Waals surface area contributed by atoms with E-state index in [1.165, 1.54) is 6.08 Å². The zero-order valence-electron chi connectivity index (χ0n) is 15.2. The summed E-state index contributed by atoms with van der Waals surface area (Å²) in [4.78, 5) is 12.4. The zero-order chi connectivity index (χ0) is 18.9. The Bertz CT molecular complexity index is 833. The van der Waals surface area contributed by atoms with E-state index in [1.807, 2.05) is 39.0 Å². The van der Waals surface area contributed by atoms with Crippen molar-refractivity contribution in [2.24, 2.45) is 0 Å². The van der Waals surface area contributed by atoms with Crippen molar-refractivity contribution in [2.45, 2.75) is 20.8 Å². The summed E-state index contributed by atoms with van der Waals surface area (Å²) in [6.07, 6.45) is 1.53. The largest absolute Gasteiger partial charge is 0.490 e. The Morgan fingerprint density at radius 3 is 2.35 bits per heavy atom. The number of nitrogens with zero attached hydrogens (tertiary/aromatic N) is 1. The van der Waals surface area contributed by atoms with Gasteiger partial charge in [-0.25, -0.2) is 0 Å². The summed E-state index contributed by atoms with van der Waals surface area (Å²) in [6.45, 7) is 6.76. The Hall–Kier alpha value is -3.26. The second-order valence-electron chi connectivity index (χ2n) is 5.56. The molecule has 2 aromatic rings. The van der Waals surface area contributed by atoms with Gasteiger partial charge in [-0.2, -0.15) is 5.26 Å². The van der Waals surface area contributed by atoms with Crippen LogP contribution >= 0.6 is 0 Å². The number of anilines is 1. The molecule has 0 aliphatic heterocycles. The van der Waals surface area contributed by atoms with E-state index in [0.717, 1.165) is 5.56 Å². The number of nitrogens with one attached hydrogen (secondary N) is 1. The van der Waals surface area contributed by atoms with Crippen LogP contribution in [0.4, 0.5) is 5.69 Å². The van der Waals surface area contributed by atoms with Crippen molar-refractivity contribution in [2.75, 3.05) is 18.5 Å².